The fourth-order valence-corrected chi connectivity index (χ4v) is 5.23. The molecule has 5 aromatic rings. The van der Waals surface area contributed by atoms with Gasteiger partial charge in [0.1, 0.15) is 18.2 Å². The van der Waals surface area contributed by atoms with Gasteiger partial charge in [0.25, 0.3) is 11.5 Å². The van der Waals surface area contributed by atoms with Crippen LogP contribution in [-0.2, 0) is 0 Å². The highest BCUT2D eigenvalue weighted by molar-refractivity contribution is 6.03. The van der Waals surface area contributed by atoms with E-state index in [0.717, 1.165) is 12.8 Å². The van der Waals surface area contributed by atoms with E-state index in [-0.39, 0.29) is 16.9 Å². The summed E-state index contributed by atoms with van der Waals surface area (Å²) in [5.41, 5.74) is 8.35. The van der Waals surface area contributed by atoms with Crippen molar-refractivity contribution in [1.29, 1.82) is 0 Å². The van der Waals surface area contributed by atoms with Crippen molar-refractivity contribution >= 4 is 28.3 Å². The number of nitrogens with two attached hydrogens (primary N) is 1. The van der Waals surface area contributed by atoms with Crippen molar-refractivity contribution in [2.45, 2.75) is 38.6 Å². The number of rotatable bonds is 4. The first-order valence-corrected chi connectivity index (χ1v) is 13.1. The van der Waals surface area contributed by atoms with Crippen LogP contribution in [0.1, 0.15) is 60.4 Å². The molecule has 3 heterocycles. The Morgan fingerprint density at radius 2 is 1.95 bits per heavy atom. The Morgan fingerprint density at radius 1 is 1.15 bits per heavy atom. The first-order chi connectivity index (χ1) is 19.0. The SMILES string of the molecule is CC(NC(=O)c1c(N)[nH][n+]2cccnc12)c1nc2cccc(C#CC3CCCC3)c2c(=O)n1-c1ccccc1. The van der Waals surface area contributed by atoms with Gasteiger partial charge in [0, 0.05) is 17.5 Å². The van der Waals surface area contributed by atoms with E-state index >= 15 is 0 Å². The Kier molecular flexibility index (Phi) is 6.29. The van der Waals surface area contributed by atoms with Gasteiger partial charge in [-0.05, 0) is 49.0 Å². The van der Waals surface area contributed by atoms with E-state index in [1.54, 1.807) is 34.5 Å². The molecule has 194 valence electrons. The number of para-hydroxylation sites is 1. The van der Waals surface area contributed by atoms with Crippen LogP contribution < -0.4 is 21.1 Å². The summed E-state index contributed by atoms with van der Waals surface area (Å²) in [6, 6.07) is 15.9. The Hall–Kier alpha value is -4.97. The molecule has 1 fully saturated rings. The molecule has 3 aromatic heterocycles. The van der Waals surface area contributed by atoms with Gasteiger partial charge in [-0.15, -0.1) is 4.52 Å². The van der Waals surface area contributed by atoms with Gasteiger partial charge in [0.15, 0.2) is 11.4 Å². The quantitative estimate of drug-likeness (QED) is 0.248. The fourth-order valence-electron chi connectivity index (χ4n) is 5.23. The third kappa shape index (κ3) is 4.50. The van der Waals surface area contributed by atoms with E-state index in [4.69, 9.17) is 10.7 Å². The van der Waals surface area contributed by atoms with Gasteiger partial charge in [-0.3, -0.25) is 14.2 Å². The molecule has 4 N–H and O–H groups in total. The van der Waals surface area contributed by atoms with Crippen molar-refractivity contribution in [3.63, 3.8) is 0 Å². The molecule has 0 radical (unpaired) electrons. The second-order valence-electron chi connectivity index (χ2n) is 9.81. The van der Waals surface area contributed by atoms with Crippen LogP contribution in [-0.4, -0.2) is 25.5 Å². The monoisotopic (exact) mass is 518 g/mol. The number of amides is 1. The largest absolute Gasteiger partial charge is 0.382 e. The van der Waals surface area contributed by atoms with Gasteiger partial charge in [-0.1, -0.05) is 48.9 Å². The Morgan fingerprint density at radius 3 is 2.74 bits per heavy atom. The first-order valence-electron chi connectivity index (χ1n) is 13.1. The number of nitrogen functional groups attached to an aromatic ring is 1. The number of hydrogen-bond acceptors (Lipinski definition) is 5. The summed E-state index contributed by atoms with van der Waals surface area (Å²) in [6.45, 7) is 1.79. The van der Waals surface area contributed by atoms with Crippen LogP contribution in [0.3, 0.4) is 0 Å². The van der Waals surface area contributed by atoms with Crippen LogP contribution in [0.15, 0.2) is 71.8 Å². The molecule has 1 atom stereocenters. The number of aromatic amines is 1. The molecule has 6 rings (SSSR count). The number of fused-ring (bicyclic) bond motifs is 2. The summed E-state index contributed by atoms with van der Waals surface area (Å²) in [5, 5.41) is 6.35. The highest BCUT2D eigenvalue weighted by atomic mass is 16.2. The van der Waals surface area contributed by atoms with Gasteiger partial charge in [0.2, 0.25) is 0 Å². The molecule has 2 aromatic carbocycles. The first kappa shape index (κ1) is 24.4. The number of nitrogens with one attached hydrogen (secondary N) is 2. The van der Waals surface area contributed by atoms with Crippen molar-refractivity contribution in [3.8, 4) is 17.5 Å². The number of carbonyl (C=O) groups is 1. The zero-order chi connectivity index (χ0) is 26.9. The van der Waals surface area contributed by atoms with Gasteiger partial charge in [-0.25, -0.2) is 10.1 Å². The molecule has 1 saturated carbocycles. The summed E-state index contributed by atoms with van der Waals surface area (Å²) in [4.78, 5) is 36.7. The second-order valence-corrected chi connectivity index (χ2v) is 9.81. The Bertz CT molecular complexity index is 1820. The molecule has 39 heavy (non-hydrogen) atoms. The van der Waals surface area contributed by atoms with Crippen molar-refractivity contribution < 1.29 is 9.31 Å². The molecule has 1 unspecified atom stereocenters. The van der Waals surface area contributed by atoms with E-state index in [9.17, 15) is 9.59 Å². The van der Waals surface area contributed by atoms with E-state index in [1.807, 2.05) is 48.5 Å². The summed E-state index contributed by atoms with van der Waals surface area (Å²) < 4.78 is 3.14. The molecule has 0 aliphatic heterocycles. The van der Waals surface area contributed by atoms with E-state index < -0.39 is 11.9 Å². The predicted octanol–water partition coefficient (Wildman–Crippen LogP) is 3.46. The standard InChI is InChI=1S/C30H27N7O2/c1-19(33-29(38)25-26(31)35-36-18-8-17-32-28(25)36)27-34-23-14-7-11-21(16-15-20-9-5-6-10-20)24(23)30(39)37(27)22-12-3-2-4-13-22/h2-4,7-8,11-14,17-20H,5-6,9-10H2,1H3,(H3,31,33,35,38)/p+1. The molecule has 0 spiro atoms. The Labute approximate surface area is 224 Å². The average Bonchev–Trinajstić information content (AvgIpc) is 3.59. The minimum absolute atomic E-state index is 0.191. The molecule has 1 amide bonds. The van der Waals surface area contributed by atoms with Crippen molar-refractivity contribution in [2.75, 3.05) is 5.73 Å². The maximum absolute atomic E-state index is 14.1. The van der Waals surface area contributed by atoms with Crippen LogP contribution >= 0.6 is 0 Å². The molecule has 9 nitrogen and oxygen atoms in total. The van der Waals surface area contributed by atoms with E-state index in [2.05, 4.69) is 27.2 Å². The number of anilines is 1. The number of hydrogen-bond donors (Lipinski definition) is 3. The molecule has 9 heteroatoms. The normalized spacial score (nSPS) is 14.3. The third-order valence-corrected chi connectivity index (χ3v) is 7.15. The smallest absolute Gasteiger partial charge is 0.362 e. The maximum atomic E-state index is 14.1. The molecule has 0 saturated heterocycles. The molecular formula is C30H28N7O2+. The summed E-state index contributed by atoms with van der Waals surface area (Å²) in [5.74, 6) is 7.16. The van der Waals surface area contributed by atoms with E-state index in [1.165, 1.54) is 12.8 Å². The Balaban J connectivity index is 1.46. The summed E-state index contributed by atoms with van der Waals surface area (Å²) in [7, 11) is 0. The number of H-pyrrole nitrogens is 1. The van der Waals surface area contributed by atoms with Crippen molar-refractivity contribution in [1.82, 2.24) is 25.0 Å². The van der Waals surface area contributed by atoms with Crippen molar-refractivity contribution in [2.24, 2.45) is 5.92 Å². The number of carbonyl (C=O) groups excluding carboxylic acids is 1. The van der Waals surface area contributed by atoms with Gasteiger partial charge < -0.3 is 11.1 Å². The molecule has 0 bridgehead atoms. The summed E-state index contributed by atoms with van der Waals surface area (Å²) in [6.07, 6.45) is 7.91. The fraction of sp³-hybridized carbons (Fsp3) is 0.233. The molecular weight excluding hydrogens is 490 g/mol. The van der Waals surface area contributed by atoms with Gasteiger partial charge in [0.05, 0.1) is 22.6 Å². The van der Waals surface area contributed by atoms with Crippen LogP contribution in [0.5, 0.6) is 0 Å². The van der Waals surface area contributed by atoms with Crippen molar-refractivity contribution in [3.05, 3.63) is 94.3 Å². The van der Waals surface area contributed by atoms with Gasteiger partial charge >= 0.3 is 5.65 Å². The lowest BCUT2D eigenvalue weighted by Gasteiger charge is -2.19. The highest BCUT2D eigenvalue weighted by Crippen LogP contribution is 2.25. The van der Waals surface area contributed by atoms with Crippen LogP contribution in [0.25, 0.3) is 22.2 Å². The van der Waals surface area contributed by atoms with E-state index in [0.29, 0.717) is 39.5 Å². The predicted molar refractivity (Wildman–Crippen MR) is 148 cm³/mol. The topological polar surface area (TPSA) is 123 Å². The minimum Gasteiger partial charge on any atom is -0.382 e. The van der Waals surface area contributed by atoms with Crippen LogP contribution in [0, 0.1) is 17.8 Å². The zero-order valence-electron chi connectivity index (χ0n) is 21.5. The lowest BCUT2D eigenvalue weighted by atomic mass is 10.1. The maximum Gasteiger partial charge on any atom is 0.362 e. The lowest BCUT2D eigenvalue weighted by Crippen LogP contribution is -2.34. The van der Waals surface area contributed by atoms with Gasteiger partial charge in [-0.2, -0.15) is 0 Å². The third-order valence-electron chi connectivity index (χ3n) is 7.15. The molecule has 1 aliphatic rings. The average molecular weight is 519 g/mol. The van der Waals surface area contributed by atoms with Crippen LogP contribution in [0.2, 0.25) is 0 Å². The zero-order valence-corrected chi connectivity index (χ0v) is 21.5. The summed E-state index contributed by atoms with van der Waals surface area (Å²) >= 11 is 0. The number of nitrogens with zero attached hydrogens (tertiary/aromatic N) is 4. The minimum atomic E-state index is -0.638. The molecule has 1 aliphatic carbocycles. The highest BCUT2D eigenvalue weighted by Gasteiger charge is 2.27. The second kappa shape index (κ2) is 10.1. The lowest BCUT2D eigenvalue weighted by molar-refractivity contribution is -0.577. The number of benzene rings is 2. The number of aromatic nitrogens is 5. The van der Waals surface area contributed by atoms with Crippen LogP contribution in [0.4, 0.5) is 5.82 Å².